The van der Waals surface area contributed by atoms with Gasteiger partial charge in [0.25, 0.3) is 0 Å². The molecule has 2 aromatic heterocycles. The summed E-state index contributed by atoms with van der Waals surface area (Å²) in [7, 11) is -3.04. The first-order valence-electron chi connectivity index (χ1n) is 11.3. The average molecular weight is 575 g/mol. The number of halogens is 4. The molecule has 0 bridgehead atoms. The van der Waals surface area contributed by atoms with Gasteiger partial charge >= 0.3 is 16.5 Å². The first-order valence-corrected chi connectivity index (χ1v) is 12.7. The second kappa shape index (κ2) is 10.9. The van der Waals surface area contributed by atoms with E-state index in [-0.39, 0.29) is 35.6 Å². The zero-order chi connectivity index (χ0) is 28.5. The number of hydrogen-bond donors (Lipinski definition) is 4. The van der Waals surface area contributed by atoms with Gasteiger partial charge in [0.2, 0.25) is 5.78 Å². The highest BCUT2D eigenvalue weighted by molar-refractivity contribution is 7.84. The molecule has 0 aliphatic heterocycles. The van der Waals surface area contributed by atoms with Crippen LogP contribution in [-0.2, 0) is 27.2 Å². The van der Waals surface area contributed by atoms with Crippen molar-refractivity contribution in [3.05, 3.63) is 71.2 Å². The minimum absolute atomic E-state index is 0.0391. The lowest BCUT2D eigenvalue weighted by Gasteiger charge is -2.19. The van der Waals surface area contributed by atoms with Gasteiger partial charge < -0.3 is 15.5 Å². The number of aromatic nitrogens is 4. The van der Waals surface area contributed by atoms with E-state index in [1.807, 2.05) is 4.72 Å². The minimum Gasteiger partial charge on any atom is -0.388 e. The van der Waals surface area contributed by atoms with E-state index in [1.54, 1.807) is 0 Å². The summed E-state index contributed by atoms with van der Waals surface area (Å²) < 4.78 is 83.6. The third-order valence-corrected chi connectivity index (χ3v) is 6.97. The number of anilines is 1. The van der Waals surface area contributed by atoms with Crippen LogP contribution in [0.3, 0.4) is 0 Å². The van der Waals surface area contributed by atoms with Crippen LogP contribution >= 0.6 is 0 Å². The number of ketones is 1. The third kappa shape index (κ3) is 6.39. The maximum Gasteiger partial charge on any atom is 0.419 e. The molecule has 0 unspecified atom stereocenters. The maximum absolute atomic E-state index is 13.9. The van der Waals surface area contributed by atoms with Gasteiger partial charge in [-0.3, -0.25) is 13.7 Å². The van der Waals surface area contributed by atoms with Gasteiger partial charge in [-0.25, -0.2) is 14.4 Å². The van der Waals surface area contributed by atoms with Gasteiger partial charge in [0.1, 0.15) is 42.0 Å². The van der Waals surface area contributed by atoms with E-state index >= 15 is 0 Å². The van der Waals surface area contributed by atoms with Crippen LogP contribution in [0.1, 0.15) is 33.6 Å². The Morgan fingerprint density at radius 3 is 2.64 bits per heavy atom. The van der Waals surface area contributed by atoms with Crippen molar-refractivity contribution in [3.63, 3.8) is 0 Å². The van der Waals surface area contributed by atoms with Gasteiger partial charge in [-0.1, -0.05) is 6.07 Å². The fraction of sp³-hybridized carbons (Fsp3) is 0.364. The quantitative estimate of drug-likeness (QED) is 0.213. The molecule has 3 aromatic rings. The molecule has 0 amide bonds. The standard InChI is InChI=1S/C22H22F4N6O6S/c1-27-39(36,37)38-17-7-16(19(34)20(17)35)30-21-12(8-28-10-29-21)18(33)15-4-5-32(31-15)9-11-2-3-13(14(23)6-11)22(24,25)26/h2-6,8,10,16-17,19-20,27,34-35H,7,9H2,1H3,(H,28,29,30)/t16-,17-,19+,20+/m1/s1. The highest BCUT2D eigenvalue weighted by atomic mass is 32.2. The number of carbonyl (C=O) groups is 1. The molecule has 12 nitrogen and oxygen atoms in total. The summed E-state index contributed by atoms with van der Waals surface area (Å²) in [6, 6.07) is 2.84. The Morgan fingerprint density at radius 2 is 1.97 bits per heavy atom. The number of aliphatic hydroxyl groups excluding tert-OH is 2. The number of rotatable bonds is 9. The molecule has 0 spiro atoms. The SMILES string of the molecule is CNS(=O)(=O)O[C@@H]1C[C@@H](Nc2ncncc2C(=O)c2ccn(Cc3ccc(C(F)(F)F)c(F)c3)n2)[C@H](O)[C@H]1O. The average Bonchev–Trinajstić information content (AvgIpc) is 3.43. The first kappa shape index (κ1) is 28.5. The molecule has 2 heterocycles. The van der Waals surface area contributed by atoms with Gasteiger partial charge in [-0.15, -0.1) is 0 Å². The summed E-state index contributed by atoms with van der Waals surface area (Å²) in [5.74, 6) is -2.13. The minimum atomic E-state index is -4.83. The van der Waals surface area contributed by atoms with Crippen LogP contribution < -0.4 is 10.0 Å². The molecule has 210 valence electrons. The Kier molecular flexibility index (Phi) is 7.99. The molecule has 1 aliphatic carbocycles. The number of alkyl halides is 3. The predicted octanol–water partition coefficient (Wildman–Crippen LogP) is 0.866. The molecule has 4 atom stereocenters. The van der Waals surface area contributed by atoms with Gasteiger partial charge in [0.05, 0.1) is 23.7 Å². The van der Waals surface area contributed by atoms with Gasteiger partial charge in [-0.05, 0) is 23.8 Å². The van der Waals surface area contributed by atoms with E-state index in [2.05, 4.69) is 20.4 Å². The van der Waals surface area contributed by atoms with Crippen molar-refractivity contribution in [3.8, 4) is 0 Å². The Bertz CT molecular complexity index is 1470. The van der Waals surface area contributed by atoms with Gasteiger partial charge in [0, 0.05) is 25.9 Å². The smallest absolute Gasteiger partial charge is 0.388 e. The van der Waals surface area contributed by atoms with Crippen LogP contribution in [0.2, 0.25) is 0 Å². The molecule has 0 radical (unpaired) electrons. The lowest BCUT2D eigenvalue weighted by molar-refractivity contribution is -0.140. The molecule has 39 heavy (non-hydrogen) atoms. The molecule has 17 heteroatoms. The number of nitrogens with zero attached hydrogens (tertiary/aromatic N) is 4. The van der Waals surface area contributed by atoms with Crippen LogP contribution in [0.5, 0.6) is 0 Å². The van der Waals surface area contributed by atoms with Crippen LogP contribution in [0.4, 0.5) is 23.4 Å². The first-order chi connectivity index (χ1) is 18.3. The van der Waals surface area contributed by atoms with Crippen LogP contribution in [0, 0.1) is 5.82 Å². The number of nitrogens with one attached hydrogen (secondary N) is 2. The van der Waals surface area contributed by atoms with E-state index in [9.17, 15) is 41.0 Å². The van der Waals surface area contributed by atoms with Crippen molar-refractivity contribution >= 4 is 21.9 Å². The van der Waals surface area contributed by atoms with E-state index in [4.69, 9.17) is 4.18 Å². The molecular formula is C22H22F4N6O6S. The zero-order valence-corrected chi connectivity index (χ0v) is 20.8. The number of hydrogen-bond acceptors (Lipinski definition) is 10. The summed E-state index contributed by atoms with van der Waals surface area (Å²) in [5.41, 5.74) is -1.38. The Balaban J connectivity index is 1.49. The van der Waals surface area contributed by atoms with Gasteiger partial charge in [0.15, 0.2) is 0 Å². The second-order valence-electron chi connectivity index (χ2n) is 8.59. The summed E-state index contributed by atoms with van der Waals surface area (Å²) in [6.07, 6.45) is -5.61. The highest BCUT2D eigenvalue weighted by Crippen LogP contribution is 2.32. The molecule has 1 aliphatic rings. The van der Waals surface area contributed by atoms with E-state index in [1.165, 1.54) is 23.1 Å². The summed E-state index contributed by atoms with van der Waals surface area (Å²) in [6.45, 7) is -0.123. The summed E-state index contributed by atoms with van der Waals surface area (Å²) in [5, 5.41) is 27.5. The van der Waals surface area contributed by atoms with Gasteiger partial charge in [-0.2, -0.15) is 31.4 Å². The fourth-order valence-electron chi connectivity index (χ4n) is 4.01. The monoisotopic (exact) mass is 574 g/mol. The Morgan fingerprint density at radius 1 is 1.23 bits per heavy atom. The summed E-state index contributed by atoms with van der Waals surface area (Å²) >= 11 is 0. The Labute approximate surface area is 218 Å². The maximum atomic E-state index is 13.9. The van der Waals surface area contributed by atoms with Crippen LogP contribution in [-0.4, -0.2) is 75.6 Å². The lowest BCUT2D eigenvalue weighted by Crippen LogP contribution is -2.38. The van der Waals surface area contributed by atoms with Crippen molar-refractivity contribution < 1.29 is 45.2 Å². The topological polar surface area (TPSA) is 169 Å². The van der Waals surface area contributed by atoms with Crippen molar-refractivity contribution in [2.75, 3.05) is 12.4 Å². The van der Waals surface area contributed by atoms with Crippen LogP contribution in [0.15, 0.2) is 43.0 Å². The van der Waals surface area contributed by atoms with Crippen molar-refractivity contribution in [1.82, 2.24) is 24.5 Å². The molecule has 0 saturated heterocycles. The molecule has 1 fully saturated rings. The van der Waals surface area contributed by atoms with Crippen molar-refractivity contribution in [1.29, 1.82) is 0 Å². The molecule has 1 aromatic carbocycles. The predicted molar refractivity (Wildman–Crippen MR) is 125 cm³/mol. The number of benzene rings is 1. The molecule has 1 saturated carbocycles. The largest absolute Gasteiger partial charge is 0.419 e. The van der Waals surface area contributed by atoms with Crippen molar-refractivity contribution in [2.45, 2.75) is 43.5 Å². The van der Waals surface area contributed by atoms with E-state index in [0.29, 0.717) is 6.07 Å². The number of carbonyl (C=O) groups excluding carboxylic acids is 1. The fourth-order valence-corrected chi connectivity index (χ4v) is 4.62. The second-order valence-corrected chi connectivity index (χ2v) is 10.1. The van der Waals surface area contributed by atoms with Crippen molar-refractivity contribution in [2.24, 2.45) is 0 Å². The third-order valence-electron chi connectivity index (χ3n) is 5.97. The number of aliphatic hydroxyl groups is 2. The van der Waals surface area contributed by atoms with Crippen LogP contribution in [0.25, 0.3) is 0 Å². The van der Waals surface area contributed by atoms with E-state index < -0.39 is 58.0 Å². The highest BCUT2D eigenvalue weighted by Gasteiger charge is 2.44. The lowest BCUT2D eigenvalue weighted by atomic mass is 10.1. The normalized spacial score (nSPS) is 21.7. The molecule has 4 N–H and O–H groups in total. The molecular weight excluding hydrogens is 552 g/mol. The zero-order valence-electron chi connectivity index (χ0n) is 20.0. The molecule has 4 rings (SSSR count). The van der Waals surface area contributed by atoms with E-state index in [0.717, 1.165) is 25.5 Å². The Hall–Kier alpha value is -3.51. The summed E-state index contributed by atoms with van der Waals surface area (Å²) in [4.78, 5) is 21.0.